The molecule has 22 heavy (non-hydrogen) atoms. The molecule has 3 heterocycles. The number of hydrogen-bond donors (Lipinski definition) is 0. The van der Waals surface area contributed by atoms with Crippen LogP contribution in [0.3, 0.4) is 0 Å². The fourth-order valence-corrected chi connectivity index (χ4v) is 4.29. The Hall–Kier alpha value is -1.97. The van der Waals surface area contributed by atoms with Crippen LogP contribution in [0.15, 0.2) is 24.4 Å². The molecule has 2 unspecified atom stereocenters. The van der Waals surface area contributed by atoms with E-state index in [1.165, 1.54) is 22.0 Å². The van der Waals surface area contributed by atoms with E-state index in [0.717, 1.165) is 18.4 Å². The van der Waals surface area contributed by atoms with Gasteiger partial charge < -0.3 is 0 Å². The first-order valence-corrected chi connectivity index (χ1v) is 8.18. The van der Waals surface area contributed by atoms with Gasteiger partial charge in [-0.25, -0.2) is 4.68 Å². The van der Waals surface area contributed by atoms with Gasteiger partial charge in [0.25, 0.3) is 0 Å². The Labute approximate surface area is 130 Å². The number of rotatable bonds is 2. The van der Waals surface area contributed by atoms with Crippen LogP contribution in [0.25, 0.3) is 21.9 Å². The molecule has 3 aromatic rings. The Bertz CT molecular complexity index is 910. The predicted molar refractivity (Wildman–Crippen MR) is 87.8 cm³/mol. The first kappa shape index (κ1) is 13.7. The quantitative estimate of drug-likeness (QED) is 0.679. The highest BCUT2D eigenvalue weighted by atomic mass is 15.5. The molecule has 4 rings (SSSR count). The average molecular weight is 295 g/mol. The molecular formula is C18H23N4+. The van der Waals surface area contributed by atoms with Crippen molar-refractivity contribution in [3.8, 4) is 0 Å². The summed E-state index contributed by atoms with van der Waals surface area (Å²) in [5, 5.41) is 10.3. The fraction of sp³-hybridized carbons (Fsp3) is 0.500. The van der Waals surface area contributed by atoms with Crippen molar-refractivity contribution in [1.29, 1.82) is 0 Å². The number of nitrogens with zero attached hydrogens (tertiary/aromatic N) is 4. The third-order valence-corrected chi connectivity index (χ3v) is 6.23. The molecule has 4 nitrogen and oxygen atoms in total. The first-order valence-electron chi connectivity index (χ1n) is 8.18. The molecule has 0 N–H and O–H groups in total. The Morgan fingerprint density at radius 3 is 2.68 bits per heavy atom. The molecule has 0 amide bonds. The highest BCUT2D eigenvalue weighted by Gasteiger charge is 2.56. The Kier molecular flexibility index (Phi) is 2.52. The van der Waals surface area contributed by atoms with Gasteiger partial charge in [-0.2, -0.15) is 4.57 Å². The second-order valence-corrected chi connectivity index (χ2v) is 6.96. The molecule has 1 aromatic carbocycles. The Morgan fingerprint density at radius 2 is 2.00 bits per heavy atom. The van der Waals surface area contributed by atoms with Crippen molar-refractivity contribution in [1.82, 2.24) is 15.0 Å². The first-order chi connectivity index (χ1) is 10.5. The van der Waals surface area contributed by atoms with Gasteiger partial charge in [-0.15, -0.1) is 5.10 Å². The lowest BCUT2D eigenvalue weighted by Gasteiger charge is -2.43. The largest absolute Gasteiger partial charge is 0.241 e. The summed E-state index contributed by atoms with van der Waals surface area (Å²) in [5.74, 6) is 0. The third-order valence-electron chi connectivity index (χ3n) is 6.23. The van der Waals surface area contributed by atoms with Gasteiger partial charge in [-0.3, -0.25) is 0 Å². The maximum atomic E-state index is 4.57. The monoisotopic (exact) mass is 295 g/mol. The predicted octanol–water partition coefficient (Wildman–Crippen LogP) is 3.44. The number of aromatic nitrogens is 4. The van der Waals surface area contributed by atoms with E-state index < -0.39 is 0 Å². The number of aryl methyl sites for hydroxylation is 1. The number of pyridine rings is 1. The van der Waals surface area contributed by atoms with E-state index >= 15 is 0 Å². The van der Waals surface area contributed by atoms with Crippen molar-refractivity contribution in [2.45, 2.75) is 58.5 Å². The number of hydrogen-bond acceptors (Lipinski definition) is 2. The Balaban J connectivity index is 2.33. The van der Waals surface area contributed by atoms with Crippen LogP contribution in [0.4, 0.5) is 0 Å². The lowest BCUT2D eigenvalue weighted by molar-refractivity contribution is -0.755. The summed E-state index contributed by atoms with van der Waals surface area (Å²) in [7, 11) is 0. The maximum absolute atomic E-state index is 4.57. The highest BCUT2D eigenvalue weighted by Crippen LogP contribution is 2.44. The van der Waals surface area contributed by atoms with Crippen LogP contribution in [0.1, 0.15) is 46.1 Å². The van der Waals surface area contributed by atoms with E-state index in [0.29, 0.717) is 0 Å². The Morgan fingerprint density at radius 1 is 1.23 bits per heavy atom. The summed E-state index contributed by atoms with van der Waals surface area (Å²) in [6.07, 6.45) is 4.30. The summed E-state index contributed by atoms with van der Waals surface area (Å²) < 4.78 is 4.66. The zero-order valence-corrected chi connectivity index (χ0v) is 14.0. The zero-order valence-electron chi connectivity index (χ0n) is 14.0. The standard InChI is InChI=1S/C18H23N4/c1-6-17(4)18(5,7-2)22-16-14(19-20-22)11-12(3)13-9-8-10-21(17)15(13)16/h8-11H,6-7H2,1-5H3/q+1. The van der Waals surface area contributed by atoms with Crippen LogP contribution in [-0.2, 0) is 11.1 Å². The second-order valence-electron chi connectivity index (χ2n) is 6.96. The van der Waals surface area contributed by atoms with Crippen LogP contribution in [0.2, 0.25) is 0 Å². The molecule has 0 saturated carbocycles. The van der Waals surface area contributed by atoms with Crippen molar-refractivity contribution in [2.24, 2.45) is 0 Å². The second kappa shape index (κ2) is 4.06. The van der Waals surface area contributed by atoms with Gasteiger partial charge in [-0.05, 0) is 38.0 Å². The van der Waals surface area contributed by atoms with E-state index in [-0.39, 0.29) is 11.1 Å². The van der Waals surface area contributed by atoms with Gasteiger partial charge in [-0.1, -0.05) is 19.1 Å². The highest BCUT2D eigenvalue weighted by molar-refractivity contribution is 6.01. The summed E-state index contributed by atoms with van der Waals surface area (Å²) in [6, 6.07) is 6.55. The molecule has 0 aliphatic carbocycles. The average Bonchev–Trinajstić information content (AvgIpc) is 2.96. The summed E-state index contributed by atoms with van der Waals surface area (Å²) >= 11 is 0. The van der Waals surface area contributed by atoms with E-state index in [9.17, 15) is 0 Å². The third kappa shape index (κ3) is 1.28. The van der Waals surface area contributed by atoms with Crippen LogP contribution >= 0.6 is 0 Å². The fourth-order valence-electron chi connectivity index (χ4n) is 4.29. The van der Waals surface area contributed by atoms with Gasteiger partial charge in [0, 0.05) is 19.4 Å². The molecule has 0 spiro atoms. The van der Waals surface area contributed by atoms with E-state index in [1.54, 1.807) is 0 Å². The minimum Gasteiger partial charge on any atom is -0.225 e. The van der Waals surface area contributed by atoms with E-state index in [1.807, 2.05) is 0 Å². The van der Waals surface area contributed by atoms with Crippen molar-refractivity contribution in [3.63, 3.8) is 0 Å². The van der Waals surface area contributed by atoms with Crippen molar-refractivity contribution < 1.29 is 4.57 Å². The maximum Gasteiger partial charge on any atom is 0.241 e. The summed E-state index contributed by atoms with van der Waals surface area (Å²) in [5.41, 5.74) is 4.61. The molecule has 0 fully saturated rings. The molecule has 0 saturated heterocycles. The van der Waals surface area contributed by atoms with Crippen molar-refractivity contribution in [3.05, 3.63) is 30.0 Å². The van der Waals surface area contributed by atoms with E-state index in [2.05, 4.69) is 78.6 Å². The molecule has 1 aliphatic rings. The van der Waals surface area contributed by atoms with Crippen molar-refractivity contribution >= 4 is 21.9 Å². The molecular weight excluding hydrogens is 272 g/mol. The molecule has 114 valence electrons. The minimum absolute atomic E-state index is 0.0251. The molecule has 4 heteroatoms. The summed E-state index contributed by atoms with van der Waals surface area (Å²) in [6.45, 7) is 11.4. The van der Waals surface area contributed by atoms with Gasteiger partial charge in [0.15, 0.2) is 17.3 Å². The van der Waals surface area contributed by atoms with Gasteiger partial charge in [0.05, 0.1) is 5.39 Å². The molecule has 2 atom stereocenters. The SMILES string of the molecule is CCC1(C)n2nnc3cc(C)c4ccc[n+](c4c32)C1(C)CC. The van der Waals surface area contributed by atoms with Crippen LogP contribution < -0.4 is 4.57 Å². The van der Waals surface area contributed by atoms with E-state index in [4.69, 9.17) is 0 Å². The lowest BCUT2D eigenvalue weighted by Crippen LogP contribution is -2.68. The van der Waals surface area contributed by atoms with Gasteiger partial charge in [0.2, 0.25) is 5.52 Å². The van der Waals surface area contributed by atoms with Crippen molar-refractivity contribution in [2.75, 3.05) is 0 Å². The topological polar surface area (TPSA) is 34.6 Å². The van der Waals surface area contributed by atoms with Gasteiger partial charge in [0.1, 0.15) is 11.1 Å². The summed E-state index contributed by atoms with van der Waals surface area (Å²) in [4.78, 5) is 0. The molecule has 1 aliphatic heterocycles. The lowest BCUT2D eigenvalue weighted by atomic mass is 9.73. The van der Waals surface area contributed by atoms with Crippen LogP contribution in [0.5, 0.6) is 0 Å². The molecule has 0 radical (unpaired) electrons. The molecule has 0 bridgehead atoms. The van der Waals surface area contributed by atoms with Gasteiger partial charge >= 0.3 is 0 Å². The number of benzene rings is 1. The minimum atomic E-state index is -0.0856. The van der Waals surface area contributed by atoms with Crippen LogP contribution in [-0.4, -0.2) is 15.0 Å². The molecule has 2 aromatic heterocycles. The zero-order chi connectivity index (χ0) is 15.7. The van der Waals surface area contributed by atoms with Crippen LogP contribution in [0, 0.1) is 6.92 Å². The smallest absolute Gasteiger partial charge is 0.225 e. The normalized spacial score (nSPS) is 27.1.